The van der Waals surface area contributed by atoms with Crippen molar-refractivity contribution < 1.29 is 13.5 Å². The molecule has 1 N–H and O–H groups in total. The smallest absolute Gasteiger partial charge is 0.128 e. The van der Waals surface area contributed by atoms with Gasteiger partial charge in [0.1, 0.15) is 11.6 Å². The molecule has 0 heterocycles. The van der Waals surface area contributed by atoms with E-state index in [1.54, 1.807) is 7.05 Å². The minimum atomic E-state index is -0.411. The fourth-order valence-corrected chi connectivity index (χ4v) is 1.77. The number of rotatable bonds is 7. The standard InChI is InChI=1S/C13H19F2NO/c1-3-17-8-4-5-13(16-2)11-9-10(14)6-7-12(11)15/h6-7,9,13,16H,3-5,8H2,1-2H3. The molecule has 0 fully saturated rings. The Morgan fingerprint density at radius 1 is 1.35 bits per heavy atom. The second-order valence-electron chi connectivity index (χ2n) is 3.85. The summed E-state index contributed by atoms with van der Waals surface area (Å²) in [6.45, 7) is 3.26. The van der Waals surface area contributed by atoms with E-state index in [4.69, 9.17) is 4.74 Å². The van der Waals surface area contributed by atoms with Gasteiger partial charge < -0.3 is 10.1 Å². The highest BCUT2D eigenvalue weighted by Gasteiger charge is 2.14. The van der Waals surface area contributed by atoms with Gasteiger partial charge in [-0.15, -0.1) is 0 Å². The van der Waals surface area contributed by atoms with Crippen LogP contribution in [0.1, 0.15) is 31.4 Å². The van der Waals surface area contributed by atoms with E-state index in [0.717, 1.165) is 25.0 Å². The van der Waals surface area contributed by atoms with Crippen LogP contribution in [0.2, 0.25) is 0 Å². The summed E-state index contributed by atoms with van der Waals surface area (Å²) in [5, 5.41) is 3.00. The molecule has 0 aliphatic heterocycles. The van der Waals surface area contributed by atoms with Gasteiger partial charge in [0.25, 0.3) is 0 Å². The Morgan fingerprint density at radius 3 is 2.76 bits per heavy atom. The van der Waals surface area contributed by atoms with Gasteiger partial charge in [-0.25, -0.2) is 8.78 Å². The molecule has 1 rings (SSSR count). The second kappa shape index (κ2) is 7.35. The molecule has 1 aromatic carbocycles. The third-order valence-corrected chi connectivity index (χ3v) is 2.67. The van der Waals surface area contributed by atoms with Crippen LogP contribution >= 0.6 is 0 Å². The summed E-state index contributed by atoms with van der Waals surface area (Å²) < 4.78 is 31.8. The summed E-state index contributed by atoms with van der Waals surface area (Å²) in [6.07, 6.45) is 1.53. The maximum atomic E-state index is 13.5. The van der Waals surface area contributed by atoms with Gasteiger partial charge in [-0.2, -0.15) is 0 Å². The molecule has 1 aromatic rings. The molecule has 0 saturated heterocycles. The SMILES string of the molecule is CCOCCCC(NC)c1cc(F)ccc1F. The van der Waals surface area contributed by atoms with Gasteiger partial charge in [-0.3, -0.25) is 0 Å². The fourth-order valence-electron chi connectivity index (χ4n) is 1.77. The van der Waals surface area contributed by atoms with Crippen LogP contribution in [0.15, 0.2) is 18.2 Å². The number of ether oxygens (including phenoxy) is 1. The first-order chi connectivity index (χ1) is 8.19. The molecule has 17 heavy (non-hydrogen) atoms. The lowest BCUT2D eigenvalue weighted by molar-refractivity contribution is 0.141. The average molecular weight is 243 g/mol. The van der Waals surface area contributed by atoms with Gasteiger partial charge in [0.2, 0.25) is 0 Å². The Morgan fingerprint density at radius 2 is 2.12 bits per heavy atom. The highest BCUT2D eigenvalue weighted by atomic mass is 19.1. The molecule has 0 spiro atoms. The van der Waals surface area contributed by atoms with Crippen LogP contribution in [-0.4, -0.2) is 20.3 Å². The molecule has 0 saturated carbocycles. The predicted molar refractivity (Wildman–Crippen MR) is 63.9 cm³/mol. The Labute approximate surface area is 101 Å². The summed E-state index contributed by atoms with van der Waals surface area (Å²) >= 11 is 0. The van der Waals surface area contributed by atoms with E-state index in [1.807, 2.05) is 6.92 Å². The van der Waals surface area contributed by atoms with Gasteiger partial charge >= 0.3 is 0 Å². The van der Waals surface area contributed by atoms with E-state index >= 15 is 0 Å². The van der Waals surface area contributed by atoms with Gasteiger partial charge in [0, 0.05) is 24.8 Å². The average Bonchev–Trinajstić information content (AvgIpc) is 2.33. The summed E-state index contributed by atoms with van der Waals surface area (Å²) in [5.41, 5.74) is 0.379. The Hall–Kier alpha value is -1.00. The van der Waals surface area contributed by atoms with Crippen molar-refractivity contribution in [1.29, 1.82) is 0 Å². The molecule has 0 aliphatic rings. The first kappa shape index (κ1) is 14.1. The van der Waals surface area contributed by atoms with Crippen LogP contribution in [0.5, 0.6) is 0 Å². The van der Waals surface area contributed by atoms with Gasteiger partial charge in [0.05, 0.1) is 0 Å². The summed E-state index contributed by atoms with van der Waals surface area (Å²) in [7, 11) is 1.75. The zero-order chi connectivity index (χ0) is 12.7. The summed E-state index contributed by atoms with van der Waals surface area (Å²) in [6, 6.07) is 3.37. The molecular formula is C13H19F2NO. The molecular weight excluding hydrogens is 224 g/mol. The second-order valence-corrected chi connectivity index (χ2v) is 3.85. The number of hydrogen-bond donors (Lipinski definition) is 1. The van der Waals surface area contributed by atoms with E-state index in [2.05, 4.69) is 5.32 Å². The van der Waals surface area contributed by atoms with Crippen LogP contribution in [0, 0.1) is 11.6 Å². The molecule has 0 radical (unpaired) electrons. The number of nitrogens with one attached hydrogen (secondary N) is 1. The Balaban J connectivity index is 2.62. The molecule has 0 bridgehead atoms. The summed E-state index contributed by atoms with van der Waals surface area (Å²) in [4.78, 5) is 0. The van der Waals surface area contributed by atoms with E-state index < -0.39 is 5.82 Å². The van der Waals surface area contributed by atoms with Gasteiger partial charge in [0.15, 0.2) is 0 Å². The van der Waals surface area contributed by atoms with Crippen molar-refractivity contribution in [2.24, 2.45) is 0 Å². The third kappa shape index (κ3) is 4.40. The maximum Gasteiger partial charge on any atom is 0.128 e. The van der Waals surface area contributed by atoms with E-state index in [0.29, 0.717) is 18.8 Å². The van der Waals surface area contributed by atoms with E-state index in [1.165, 1.54) is 6.07 Å². The quantitative estimate of drug-likeness (QED) is 0.743. The number of halogens is 2. The van der Waals surface area contributed by atoms with Crippen LogP contribution in [-0.2, 0) is 4.74 Å². The molecule has 96 valence electrons. The lowest BCUT2D eigenvalue weighted by atomic mass is 10.0. The van der Waals surface area contributed by atoms with Crippen LogP contribution < -0.4 is 5.32 Å². The lowest BCUT2D eigenvalue weighted by Gasteiger charge is -2.17. The monoisotopic (exact) mass is 243 g/mol. The largest absolute Gasteiger partial charge is 0.382 e. The highest BCUT2D eigenvalue weighted by molar-refractivity contribution is 5.22. The molecule has 4 heteroatoms. The van der Waals surface area contributed by atoms with Crippen LogP contribution in [0.3, 0.4) is 0 Å². The van der Waals surface area contributed by atoms with Crippen molar-refractivity contribution in [2.45, 2.75) is 25.8 Å². The Bertz CT molecular complexity index is 344. The molecule has 1 unspecified atom stereocenters. The first-order valence-electron chi connectivity index (χ1n) is 5.89. The van der Waals surface area contributed by atoms with Crippen LogP contribution in [0.25, 0.3) is 0 Å². The van der Waals surface area contributed by atoms with Crippen molar-refractivity contribution in [1.82, 2.24) is 5.32 Å². The fraction of sp³-hybridized carbons (Fsp3) is 0.538. The summed E-state index contributed by atoms with van der Waals surface area (Å²) in [5.74, 6) is -0.784. The molecule has 2 nitrogen and oxygen atoms in total. The van der Waals surface area contributed by atoms with Crippen molar-refractivity contribution in [3.8, 4) is 0 Å². The third-order valence-electron chi connectivity index (χ3n) is 2.67. The minimum Gasteiger partial charge on any atom is -0.382 e. The lowest BCUT2D eigenvalue weighted by Crippen LogP contribution is -2.18. The molecule has 1 atom stereocenters. The zero-order valence-electron chi connectivity index (χ0n) is 10.3. The molecule has 0 amide bonds. The molecule has 0 aliphatic carbocycles. The van der Waals surface area contributed by atoms with Crippen molar-refractivity contribution in [3.05, 3.63) is 35.4 Å². The highest BCUT2D eigenvalue weighted by Crippen LogP contribution is 2.22. The first-order valence-corrected chi connectivity index (χ1v) is 5.89. The number of hydrogen-bond acceptors (Lipinski definition) is 2. The normalized spacial score (nSPS) is 12.7. The minimum absolute atomic E-state index is 0.175. The van der Waals surface area contributed by atoms with E-state index in [-0.39, 0.29) is 11.9 Å². The van der Waals surface area contributed by atoms with Gasteiger partial charge in [-0.05, 0) is 45.0 Å². The van der Waals surface area contributed by atoms with Crippen molar-refractivity contribution >= 4 is 0 Å². The van der Waals surface area contributed by atoms with E-state index in [9.17, 15) is 8.78 Å². The zero-order valence-corrected chi connectivity index (χ0v) is 10.3. The predicted octanol–water partition coefficient (Wildman–Crippen LogP) is 3.04. The molecule has 0 aromatic heterocycles. The Kier molecular flexibility index (Phi) is 6.08. The number of benzene rings is 1. The van der Waals surface area contributed by atoms with Crippen LogP contribution in [0.4, 0.5) is 8.78 Å². The van der Waals surface area contributed by atoms with Crippen molar-refractivity contribution in [3.63, 3.8) is 0 Å². The topological polar surface area (TPSA) is 21.3 Å². The van der Waals surface area contributed by atoms with Gasteiger partial charge in [-0.1, -0.05) is 0 Å². The maximum absolute atomic E-state index is 13.5. The van der Waals surface area contributed by atoms with Crippen molar-refractivity contribution in [2.75, 3.05) is 20.3 Å².